The first-order chi connectivity index (χ1) is 22.1. The summed E-state index contributed by atoms with van der Waals surface area (Å²) in [4.78, 5) is 27.5. The second-order valence-corrected chi connectivity index (χ2v) is 12.3. The van der Waals surface area contributed by atoms with E-state index in [4.69, 9.17) is 9.84 Å². The van der Waals surface area contributed by atoms with Gasteiger partial charge in [0.15, 0.2) is 11.0 Å². The number of aromatic nitrogens is 3. The molecule has 3 aromatic carbocycles. The Kier molecular flexibility index (Phi) is 9.67. The molecule has 45 heavy (non-hydrogen) atoms. The van der Waals surface area contributed by atoms with Crippen molar-refractivity contribution >= 4 is 40.6 Å². The first kappa shape index (κ1) is 30.3. The monoisotopic (exact) mass is 636 g/mol. The van der Waals surface area contributed by atoms with Gasteiger partial charge in [-0.15, -0.1) is 21.5 Å². The van der Waals surface area contributed by atoms with Crippen LogP contribution in [-0.4, -0.2) is 50.2 Å². The molecule has 5 aromatic rings. The third-order valence-corrected chi connectivity index (χ3v) is 9.30. The number of rotatable bonds is 12. The van der Waals surface area contributed by atoms with Gasteiger partial charge in [0.25, 0.3) is 5.91 Å². The quantitative estimate of drug-likeness (QED) is 0.176. The van der Waals surface area contributed by atoms with Crippen LogP contribution >= 0.6 is 23.1 Å². The van der Waals surface area contributed by atoms with Crippen LogP contribution in [0.4, 0.5) is 0 Å². The van der Waals surface area contributed by atoms with Gasteiger partial charge < -0.3 is 14.6 Å². The Morgan fingerprint density at radius 3 is 2.36 bits per heavy atom. The first-order valence-corrected chi connectivity index (χ1v) is 16.4. The van der Waals surface area contributed by atoms with Crippen molar-refractivity contribution in [2.45, 2.75) is 37.1 Å². The van der Waals surface area contributed by atoms with E-state index in [-0.39, 0.29) is 36.6 Å². The number of thiophene rings is 1. The number of thioether (sulfide) groups is 1. The number of ether oxygens (including phenoxy) is 1. The van der Waals surface area contributed by atoms with E-state index in [2.05, 4.69) is 15.5 Å². The normalized spacial score (nSPS) is 14.3. The van der Waals surface area contributed by atoms with Crippen molar-refractivity contribution in [3.05, 3.63) is 130 Å². The first-order valence-electron chi connectivity index (χ1n) is 14.5. The van der Waals surface area contributed by atoms with Crippen LogP contribution in [0.25, 0.3) is 0 Å². The van der Waals surface area contributed by atoms with Gasteiger partial charge in [-0.25, -0.2) is 5.01 Å². The summed E-state index contributed by atoms with van der Waals surface area (Å²) in [6.45, 7) is 0.729. The van der Waals surface area contributed by atoms with Crippen LogP contribution in [-0.2, 0) is 29.1 Å². The summed E-state index contributed by atoms with van der Waals surface area (Å²) in [7, 11) is 1.64. The van der Waals surface area contributed by atoms with E-state index in [1.54, 1.807) is 23.5 Å². The van der Waals surface area contributed by atoms with Gasteiger partial charge in [0.1, 0.15) is 5.75 Å². The molecule has 0 saturated carbocycles. The fraction of sp³-hybridized carbons (Fsp3) is 0.206. The van der Waals surface area contributed by atoms with Gasteiger partial charge in [-0.3, -0.25) is 9.59 Å². The zero-order chi connectivity index (χ0) is 31.0. The Balaban J connectivity index is 1.19. The Morgan fingerprint density at radius 2 is 1.67 bits per heavy atom. The predicted molar refractivity (Wildman–Crippen MR) is 176 cm³/mol. The van der Waals surface area contributed by atoms with E-state index in [9.17, 15) is 9.59 Å². The van der Waals surface area contributed by atoms with Crippen LogP contribution in [0.2, 0.25) is 0 Å². The summed E-state index contributed by atoms with van der Waals surface area (Å²) >= 11 is 2.93. The maximum Gasteiger partial charge on any atom is 0.253 e. The largest absolute Gasteiger partial charge is 0.497 e. The van der Waals surface area contributed by atoms with E-state index in [1.165, 1.54) is 11.8 Å². The highest BCUT2D eigenvalue weighted by Crippen LogP contribution is 2.35. The fourth-order valence-corrected chi connectivity index (χ4v) is 6.64. The number of benzene rings is 3. The van der Waals surface area contributed by atoms with Crippen LogP contribution in [0.5, 0.6) is 5.75 Å². The standard InChI is InChI=1S/C34H32N6O3S2/c1-43-27-16-14-26(15-17-27)29-20-28(30-13-8-18-44-30)38-40(29)33(42)23-45-34-37-36-31(39(34)22-25-11-6-3-7-12-25)21-35-32(41)19-24-9-4-2-5-10-24/h2-18,29H,19-23H2,1H3,(H,35,41). The maximum atomic E-state index is 13.8. The number of nitrogens with one attached hydrogen (secondary N) is 1. The number of nitrogens with zero attached hydrogens (tertiary/aromatic N) is 5. The van der Waals surface area contributed by atoms with E-state index in [1.807, 2.05) is 107 Å². The lowest BCUT2D eigenvalue weighted by Gasteiger charge is -2.22. The van der Waals surface area contributed by atoms with E-state index in [0.29, 0.717) is 23.9 Å². The van der Waals surface area contributed by atoms with Crippen LogP contribution in [0.3, 0.4) is 0 Å². The fourth-order valence-electron chi connectivity index (χ4n) is 5.11. The molecule has 0 aliphatic carbocycles. The minimum absolute atomic E-state index is 0.0992. The van der Waals surface area contributed by atoms with Crippen LogP contribution in [0.1, 0.15) is 39.9 Å². The second-order valence-electron chi connectivity index (χ2n) is 10.5. The molecule has 1 N–H and O–H groups in total. The molecule has 2 aromatic heterocycles. The molecule has 11 heteroatoms. The number of hydrazone groups is 1. The summed E-state index contributed by atoms with van der Waals surface area (Å²) in [5.74, 6) is 1.28. The van der Waals surface area contributed by atoms with Gasteiger partial charge in [-0.05, 0) is 40.3 Å². The van der Waals surface area contributed by atoms with Gasteiger partial charge in [0.05, 0.1) is 49.0 Å². The molecule has 0 bridgehead atoms. The number of amides is 2. The molecule has 0 fully saturated rings. The van der Waals surface area contributed by atoms with Gasteiger partial charge in [-0.2, -0.15) is 5.10 Å². The molecule has 9 nitrogen and oxygen atoms in total. The molecular weight excluding hydrogens is 605 g/mol. The second kappa shape index (κ2) is 14.4. The van der Waals surface area contributed by atoms with Crippen LogP contribution < -0.4 is 10.1 Å². The third-order valence-electron chi connectivity index (χ3n) is 7.42. The highest BCUT2D eigenvalue weighted by molar-refractivity contribution is 7.99. The van der Waals surface area contributed by atoms with Gasteiger partial charge in [0.2, 0.25) is 5.91 Å². The Morgan fingerprint density at radius 1 is 0.933 bits per heavy atom. The number of carbonyl (C=O) groups is 2. The van der Waals surface area contributed by atoms with E-state index < -0.39 is 0 Å². The maximum absolute atomic E-state index is 13.8. The summed E-state index contributed by atoms with van der Waals surface area (Å²) in [5.41, 5.74) is 3.89. The average Bonchev–Trinajstić information content (AvgIpc) is 3.85. The molecule has 2 amide bonds. The highest BCUT2D eigenvalue weighted by Gasteiger charge is 2.33. The molecular formula is C34H32N6O3S2. The lowest BCUT2D eigenvalue weighted by Crippen LogP contribution is -2.29. The van der Waals surface area contributed by atoms with Crippen LogP contribution in [0, 0.1) is 0 Å². The van der Waals surface area contributed by atoms with E-state index in [0.717, 1.165) is 33.0 Å². The van der Waals surface area contributed by atoms with Gasteiger partial charge >= 0.3 is 0 Å². The number of hydrogen-bond acceptors (Lipinski definition) is 8. The number of carbonyl (C=O) groups excluding carboxylic acids is 2. The minimum Gasteiger partial charge on any atom is -0.497 e. The SMILES string of the molecule is COc1ccc(C2CC(c3cccs3)=NN2C(=O)CSc2nnc(CNC(=O)Cc3ccccc3)n2Cc2ccccc2)cc1. The molecule has 1 unspecified atom stereocenters. The summed E-state index contributed by atoms with van der Waals surface area (Å²) < 4.78 is 7.30. The average molecular weight is 637 g/mol. The van der Waals surface area contributed by atoms with Gasteiger partial charge in [0, 0.05) is 6.42 Å². The number of methoxy groups -OCH3 is 1. The zero-order valence-electron chi connectivity index (χ0n) is 24.7. The molecule has 1 atom stereocenters. The van der Waals surface area contributed by atoms with Crippen molar-refractivity contribution in [2.75, 3.05) is 12.9 Å². The molecule has 228 valence electrons. The zero-order valence-corrected chi connectivity index (χ0v) is 26.3. The lowest BCUT2D eigenvalue weighted by atomic mass is 10.0. The van der Waals surface area contributed by atoms with Crippen molar-refractivity contribution in [2.24, 2.45) is 5.10 Å². The smallest absolute Gasteiger partial charge is 0.253 e. The predicted octanol–water partition coefficient (Wildman–Crippen LogP) is 5.73. The highest BCUT2D eigenvalue weighted by atomic mass is 32.2. The third kappa shape index (κ3) is 7.50. The molecule has 0 radical (unpaired) electrons. The van der Waals surface area contributed by atoms with Crippen molar-refractivity contribution in [3.63, 3.8) is 0 Å². The number of hydrogen-bond donors (Lipinski definition) is 1. The summed E-state index contributed by atoms with van der Waals surface area (Å²) in [6, 6.07) is 31.2. The summed E-state index contributed by atoms with van der Waals surface area (Å²) in [5, 5.41) is 20.8. The van der Waals surface area contributed by atoms with Gasteiger partial charge in [-0.1, -0.05) is 90.6 Å². The van der Waals surface area contributed by atoms with Crippen LogP contribution in [0.15, 0.2) is 113 Å². The van der Waals surface area contributed by atoms with Crippen molar-refractivity contribution in [3.8, 4) is 5.75 Å². The molecule has 0 saturated heterocycles. The molecule has 1 aliphatic rings. The Hall–Kier alpha value is -4.74. The van der Waals surface area contributed by atoms with Crippen molar-refractivity contribution in [1.82, 2.24) is 25.1 Å². The Labute approximate surface area is 270 Å². The molecule has 1 aliphatic heterocycles. The summed E-state index contributed by atoms with van der Waals surface area (Å²) in [6.07, 6.45) is 0.906. The topological polar surface area (TPSA) is 102 Å². The minimum atomic E-state index is -0.223. The molecule has 6 rings (SSSR count). The Bertz CT molecular complexity index is 1760. The van der Waals surface area contributed by atoms with Crippen molar-refractivity contribution in [1.29, 1.82) is 0 Å². The van der Waals surface area contributed by atoms with E-state index >= 15 is 0 Å². The van der Waals surface area contributed by atoms with Crippen molar-refractivity contribution < 1.29 is 14.3 Å². The molecule has 0 spiro atoms. The molecule has 3 heterocycles. The lowest BCUT2D eigenvalue weighted by molar-refractivity contribution is -0.130.